The van der Waals surface area contributed by atoms with Crippen LogP contribution in [0.2, 0.25) is 0 Å². The van der Waals surface area contributed by atoms with E-state index >= 15 is 0 Å². The Morgan fingerprint density at radius 2 is 2.21 bits per heavy atom. The fraction of sp³-hybridized carbons (Fsp3) is 0.600. The third kappa shape index (κ3) is 4.35. The highest BCUT2D eigenvalue weighted by Gasteiger charge is 2.01. The van der Waals surface area contributed by atoms with Gasteiger partial charge in [-0.05, 0) is 0 Å². The summed E-state index contributed by atoms with van der Waals surface area (Å²) >= 11 is 1.13. The van der Waals surface area contributed by atoms with Crippen LogP contribution >= 0.6 is 11.5 Å². The SMILES string of the molecule is CS(=O)(=O)NCCNc1nc(N)ns1. The Kier molecular flexibility index (Phi) is 3.61. The zero-order valence-electron chi connectivity index (χ0n) is 7.52. The number of hydrogen-bond acceptors (Lipinski definition) is 7. The highest BCUT2D eigenvalue weighted by molar-refractivity contribution is 7.88. The molecule has 0 aliphatic carbocycles. The van der Waals surface area contributed by atoms with Crippen molar-refractivity contribution in [2.75, 3.05) is 30.4 Å². The van der Waals surface area contributed by atoms with Crippen LogP contribution in [0.3, 0.4) is 0 Å². The number of sulfonamides is 1. The first-order valence-corrected chi connectivity index (χ1v) is 6.41. The number of nitrogen functional groups attached to an aromatic ring is 1. The largest absolute Gasteiger partial charge is 0.367 e. The molecule has 0 spiro atoms. The van der Waals surface area contributed by atoms with Gasteiger partial charge in [0, 0.05) is 24.6 Å². The first kappa shape index (κ1) is 11.1. The lowest BCUT2D eigenvalue weighted by Crippen LogP contribution is -2.27. The maximum atomic E-state index is 10.7. The fourth-order valence-electron chi connectivity index (χ4n) is 0.713. The van der Waals surface area contributed by atoms with Gasteiger partial charge in [-0.3, -0.25) is 0 Å². The lowest BCUT2D eigenvalue weighted by molar-refractivity contribution is 0.589. The molecule has 7 nitrogen and oxygen atoms in total. The number of nitrogens with zero attached hydrogens (tertiary/aromatic N) is 2. The van der Waals surface area contributed by atoms with E-state index in [1.807, 2.05) is 0 Å². The van der Waals surface area contributed by atoms with Gasteiger partial charge in [0.15, 0.2) is 0 Å². The first-order chi connectivity index (χ1) is 6.47. The number of hydrogen-bond donors (Lipinski definition) is 3. The topological polar surface area (TPSA) is 110 Å². The molecule has 0 fully saturated rings. The molecule has 80 valence electrons. The van der Waals surface area contributed by atoms with Gasteiger partial charge < -0.3 is 11.1 Å². The Morgan fingerprint density at radius 3 is 2.71 bits per heavy atom. The summed E-state index contributed by atoms with van der Waals surface area (Å²) < 4.78 is 27.4. The van der Waals surface area contributed by atoms with Crippen molar-refractivity contribution in [2.45, 2.75) is 0 Å². The molecular formula is C5H11N5O2S2. The maximum absolute atomic E-state index is 10.7. The molecule has 1 rings (SSSR count). The second-order valence-corrected chi connectivity index (χ2v) is 5.14. The van der Waals surface area contributed by atoms with Gasteiger partial charge in [0.05, 0.1) is 6.26 Å². The molecule has 0 atom stereocenters. The molecule has 0 unspecified atom stereocenters. The second kappa shape index (κ2) is 4.53. The highest BCUT2D eigenvalue weighted by Crippen LogP contribution is 2.10. The van der Waals surface area contributed by atoms with Crippen molar-refractivity contribution in [3.63, 3.8) is 0 Å². The zero-order valence-corrected chi connectivity index (χ0v) is 9.15. The lowest BCUT2D eigenvalue weighted by Gasteiger charge is -2.02. The molecule has 0 aliphatic heterocycles. The summed E-state index contributed by atoms with van der Waals surface area (Å²) in [6, 6.07) is 0. The van der Waals surface area contributed by atoms with Gasteiger partial charge in [-0.15, -0.1) is 0 Å². The van der Waals surface area contributed by atoms with Gasteiger partial charge >= 0.3 is 0 Å². The Labute approximate surface area is 85.9 Å². The van der Waals surface area contributed by atoms with Crippen LogP contribution < -0.4 is 15.8 Å². The van der Waals surface area contributed by atoms with Crippen molar-refractivity contribution in [3.05, 3.63) is 0 Å². The van der Waals surface area contributed by atoms with E-state index in [9.17, 15) is 8.42 Å². The average molecular weight is 237 g/mol. The van der Waals surface area contributed by atoms with E-state index in [0.29, 0.717) is 18.2 Å². The molecule has 0 radical (unpaired) electrons. The van der Waals surface area contributed by atoms with Crippen molar-refractivity contribution in [3.8, 4) is 0 Å². The Balaban J connectivity index is 2.23. The van der Waals surface area contributed by atoms with Gasteiger partial charge in [0.1, 0.15) is 0 Å². The van der Waals surface area contributed by atoms with Crippen molar-refractivity contribution in [2.24, 2.45) is 0 Å². The van der Waals surface area contributed by atoms with E-state index in [0.717, 1.165) is 17.8 Å². The number of aromatic nitrogens is 2. The quantitative estimate of drug-likeness (QED) is 0.571. The van der Waals surface area contributed by atoms with E-state index < -0.39 is 10.0 Å². The molecule has 1 aromatic rings. The van der Waals surface area contributed by atoms with Crippen LogP contribution in [0.15, 0.2) is 0 Å². The van der Waals surface area contributed by atoms with Gasteiger partial charge in [0.2, 0.25) is 21.1 Å². The van der Waals surface area contributed by atoms with Gasteiger partial charge in [-0.1, -0.05) is 0 Å². The van der Waals surface area contributed by atoms with Crippen LogP contribution in [0.4, 0.5) is 11.1 Å². The number of rotatable bonds is 5. The smallest absolute Gasteiger partial charge is 0.233 e. The molecule has 9 heteroatoms. The van der Waals surface area contributed by atoms with Crippen LogP contribution in [0.25, 0.3) is 0 Å². The van der Waals surface area contributed by atoms with Crippen molar-refractivity contribution in [1.29, 1.82) is 0 Å². The summed E-state index contributed by atoms with van der Waals surface area (Å²) in [5, 5.41) is 3.46. The summed E-state index contributed by atoms with van der Waals surface area (Å²) in [6.45, 7) is 0.750. The normalized spacial score (nSPS) is 11.5. The van der Waals surface area contributed by atoms with Crippen LogP contribution in [-0.4, -0.2) is 37.1 Å². The maximum Gasteiger partial charge on any atom is 0.233 e. The second-order valence-electron chi connectivity index (χ2n) is 2.55. The molecule has 0 saturated carbocycles. The molecule has 1 heterocycles. The molecule has 14 heavy (non-hydrogen) atoms. The Bertz CT molecular complexity index is 387. The molecule has 0 saturated heterocycles. The van der Waals surface area contributed by atoms with E-state index in [1.54, 1.807) is 0 Å². The number of anilines is 2. The summed E-state index contributed by atoms with van der Waals surface area (Å²) in [7, 11) is -3.12. The monoisotopic (exact) mass is 237 g/mol. The van der Waals surface area contributed by atoms with Gasteiger partial charge in [0.25, 0.3) is 0 Å². The van der Waals surface area contributed by atoms with Crippen LogP contribution in [0.5, 0.6) is 0 Å². The van der Waals surface area contributed by atoms with Gasteiger partial charge in [-0.25, -0.2) is 13.1 Å². The lowest BCUT2D eigenvalue weighted by atomic mass is 10.7. The predicted molar refractivity (Wildman–Crippen MR) is 55.7 cm³/mol. The molecule has 4 N–H and O–H groups in total. The van der Waals surface area contributed by atoms with Crippen LogP contribution in [0, 0.1) is 0 Å². The average Bonchev–Trinajstić information content (AvgIpc) is 2.44. The zero-order chi connectivity index (χ0) is 10.6. The molecule has 0 aliphatic rings. The minimum atomic E-state index is -3.12. The van der Waals surface area contributed by atoms with Crippen LogP contribution in [0.1, 0.15) is 0 Å². The summed E-state index contributed by atoms with van der Waals surface area (Å²) in [6.07, 6.45) is 1.11. The Hall–Kier alpha value is -0.930. The van der Waals surface area contributed by atoms with E-state index in [2.05, 4.69) is 19.4 Å². The summed E-state index contributed by atoms with van der Waals surface area (Å²) in [5.41, 5.74) is 5.29. The van der Waals surface area contributed by atoms with Crippen LogP contribution in [-0.2, 0) is 10.0 Å². The Morgan fingerprint density at radius 1 is 1.50 bits per heavy atom. The highest BCUT2D eigenvalue weighted by atomic mass is 32.2. The molecule has 0 aromatic carbocycles. The van der Waals surface area contributed by atoms with E-state index in [4.69, 9.17) is 5.73 Å². The van der Waals surface area contributed by atoms with Gasteiger partial charge in [-0.2, -0.15) is 9.36 Å². The first-order valence-electron chi connectivity index (χ1n) is 3.75. The standard InChI is InChI=1S/C5H11N5O2S2/c1-14(11,12)8-3-2-7-5-9-4(6)10-13-5/h8H,2-3H2,1H3,(H3,6,7,9,10). The molecular weight excluding hydrogens is 226 g/mol. The van der Waals surface area contributed by atoms with E-state index in [1.165, 1.54) is 0 Å². The minimum Gasteiger partial charge on any atom is -0.367 e. The predicted octanol–water partition coefficient (Wildman–Crippen LogP) is -0.919. The van der Waals surface area contributed by atoms with Crippen molar-refractivity contribution in [1.82, 2.24) is 14.1 Å². The van der Waals surface area contributed by atoms with Crippen molar-refractivity contribution < 1.29 is 8.42 Å². The molecule has 0 bridgehead atoms. The number of nitrogens with two attached hydrogens (primary N) is 1. The summed E-state index contributed by atoms with van der Waals surface area (Å²) in [4.78, 5) is 3.84. The van der Waals surface area contributed by atoms with E-state index in [-0.39, 0.29) is 5.95 Å². The molecule has 1 aromatic heterocycles. The van der Waals surface area contributed by atoms with Crippen molar-refractivity contribution >= 4 is 32.6 Å². The number of nitrogens with one attached hydrogen (secondary N) is 2. The molecule has 0 amide bonds. The third-order valence-electron chi connectivity index (χ3n) is 1.21. The summed E-state index contributed by atoms with van der Waals surface area (Å²) in [5.74, 6) is 0.216. The fourth-order valence-corrected chi connectivity index (χ4v) is 1.71. The third-order valence-corrected chi connectivity index (χ3v) is 2.62. The minimum absolute atomic E-state index is 0.216.